The van der Waals surface area contributed by atoms with E-state index in [1.165, 1.54) is 49.5 Å². The van der Waals surface area contributed by atoms with Gasteiger partial charge < -0.3 is 4.57 Å². The first-order valence-electron chi connectivity index (χ1n) is 9.83. The molecular formula is C26H22BN. The van der Waals surface area contributed by atoms with Crippen molar-refractivity contribution in [2.75, 3.05) is 0 Å². The normalized spacial score (nSPS) is 13.9. The van der Waals surface area contributed by atoms with E-state index in [1.807, 2.05) is 6.08 Å². The molecule has 3 aromatic carbocycles. The predicted molar refractivity (Wildman–Crippen MR) is 124 cm³/mol. The number of hydrogen-bond acceptors (Lipinski definition) is 0. The van der Waals surface area contributed by atoms with Crippen LogP contribution in [0.25, 0.3) is 27.5 Å². The number of allylic oxidation sites excluding steroid dienone is 5. The van der Waals surface area contributed by atoms with Crippen molar-refractivity contribution in [2.24, 2.45) is 0 Å². The molecule has 0 fully saturated rings. The molecule has 0 radical (unpaired) electrons. The SMILES string of the molecule is C=CC1=C(/C=C\C)B(c2ccccc2C)c2cccc3c4ccccc4n1c23. The van der Waals surface area contributed by atoms with Gasteiger partial charge in [0.1, 0.15) is 0 Å². The van der Waals surface area contributed by atoms with Crippen LogP contribution in [0.3, 0.4) is 0 Å². The lowest BCUT2D eigenvalue weighted by Gasteiger charge is -2.28. The summed E-state index contributed by atoms with van der Waals surface area (Å²) in [7, 11) is 0. The molecule has 0 saturated heterocycles. The maximum Gasteiger partial charge on any atom is 0.247 e. The minimum Gasteiger partial charge on any atom is -0.310 e. The number of rotatable bonds is 3. The van der Waals surface area contributed by atoms with Crippen LogP contribution in [0.15, 0.2) is 97.0 Å². The van der Waals surface area contributed by atoms with Gasteiger partial charge in [0.2, 0.25) is 6.71 Å². The van der Waals surface area contributed by atoms with Gasteiger partial charge in [0, 0.05) is 22.0 Å². The zero-order valence-corrected chi connectivity index (χ0v) is 16.3. The molecule has 0 spiro atoms. The maximum atomic E-state index is 4.20. The number of benzene rings is 3. The monoisotopic (exact) mass is 359 g/mol. The highest BCUT2D eigenvalue weighted by atomic mass is 15.0. The van der Waals surface area contributed by atoms with Crippen LogP contribution in [0, 0.1) is 6.92 Å². The van der Waals surface area contributed by atoms with Crippen LogP contribution in [-0.2, 0) is 0 Å². The fourth-order valence-electron chi connectivity index (χ4n) is 4.79. The van der Waals surface area contributed by atoms with Gasteiger partial charge in [0.15, 0.2) is 0 Å². The van der Waals surface area contributed by atoms with Crippen molar-refractivity contribution in [1.29, 1.82) is 0 Å². The van der Waals surface area contributed by atoms with Gasteiger partial charge in [-0.1, -0.05) is 90.4 Å². The molecule has 0 unspecified atom stereocenters. The van der Waals surface area contributed by atoms with Gasteiger partial charge in [-0.05, 0) is 36.9 Å². The summed E-state index contributed by atoms with van der Waals surface area (Å²) < 4.78 is 2.40. The molecule has 1 nitrogen and oxygen atoms in total. The van der Waals surface area contributed by atoms with Gasteiger partial charge in [-0.25, -0.2) is 0 Å². The molecule has 0 bridgehead atoms. The Balaban J connectivity index is 2.01. The molecule has 28 heavy (non-hydrogen) atoms. The number of aromatic nitrogens is 1. The van der Waals surface area contributed by atoms with E-state index in [4.69, 9.17) is 0 Å². The first kappa shape index (κ1) is 16.9. The van der Waals surface area contributed by atoms with E-state index in [0.29, 0.717) is 0 Å². The second-order valence-corrected chi connectivity index (χ2v) is 7.43. The molecule has 1 aromatic heterocycles. The minimum absolute atomic E-state index is 0.200. The highest BCUT2D eigenvalue weighted by Gasteiger charge is 2.33. The van der Waals surface area contributed by atoms with Gasteiger partial charge in [0.05, 0.1) is 5.52 Å². The summed E-state index contributed by atoms with van der Waals surface area (Å²) in [5.74, 6) is 0. The smallest absolute Gasteiger partial charge is 0.247 e. The molecule has 0 amide bonds. The summed E-state index contributed by atoms with van der Waals surface area (Å²) in [5.41, 5.74) is 9.06. The van der Waals surface area contributed by atoms with Crippen LogP contribution in [0.5, 0.6) is 0 Å². The Bertz CT molecular complexity index is 1300. The molecule has 2 heteroatoms. The third-order valence-corrected chi connectivity index (χ3v) is 5.92. The number of para-hydroxylation sites is 2. The number of aryl methyl sites for hydroxylation is 1. The Hall–Kier alpha value is -3.26. The second kappa shape index (κ2) is 6.42. The van der Waals surface area contributed by atoms with E-state index in [9.17, 15) is 0 Å². The van der Waals surface area contributed by atoms with E-state index >= 15 is 0 Å². The summed E-state index contributed by atoms with van der Waals surface area (Å²) >= 11 is 0. The molecule has 4 aromatic rings. The fourth-order valence-corrected chi connectivity index (χ4v) is 4.79. The average molecular weight is 359 g/mol. The van der Waals surface area contributed by atoms with Crippen molar-refractivity contribution in [1.82, 2.24) is 4.57 Å². The Morgan fingerprint density at radius 3 is 2.36 bits per heavy atom. The summed E-state index contributed by atoms with van der Waals surface area (Å²) in [4.78, 5) is 0. The van der Waals surface area contributed by atoms with Crippen molar-refractivity contribution in [3.05, 3.63) is 103 Å². The molecule has 1 aliphatic rings. The van der Waals surface area contributed by atoms with Gasteiger partial charge in [0.25, 0.3) is 0 Å². The van der Waals surface area contributed by atoms with Gasteiger partial charge >= 0.3 is 0 Å². The summed E-state index contributed by atoms with van der Waals surface area (Å²) in [5, 5.41) is 2.61. The highest BCUT2D eigenvalue weighted by Crippen LogP contribution is 2.36. The van der Waals surface area contributed by atoms with Crippen molar-refractivity contribution in [2.45, 2.75) is 13.8 Å². The Kier molecular flexibility index (Phi) is 3.87. The molecule has 1 aliphatic heterocycles. The maximum absolute atomic E-state index is 4.20. The zero-order chi connectivity index (χ0) is 19.3. The molecule has 0 N–H and O–H groups in total. The average Bonchev–Trinajstić information content (AvgIpc) is 3.06. The predicted octanol–water partition coefficient (Wildman–Crippen LogP) is 5.24. The van der Waals surface area contributed by atoms with Crippen LogP contribution in [0.4, 0.5) is 0 Å². The van der Waals surface area contributed by atoms with E-state index in [1.54, 1.807) is 0 Å². The lowest BCUT2D eigenvalue weighted by Crippen LogP contribution is -2.48. The number of fused-ring (bicyclic) bond motifs is 3. The van der Waals surface area contributed by atoms with E-state index < -0.39 is 0 Å². The molecule has 0 aliphatic carbocycles. The van der Waals surface area contributed by atoms with Crippen LogP contribution in [0.1, 0.15) is 12.5 Å². The molecule has 0 saturated carbocycles. The highest BCUT2D eigenvalue weighted by molar-refractivity contribution is 6.94. The van der Waals surface area contributed by atoms with Gasteiger partial charge in [-0.3, -0.25) is 0 Å². The Labute approximate surface area is 166 Å². The summed E-state index contributed by atoms with van der Waals surface area (Å²) in [6.45, 7) is 8.70. The third kappa shape index (κ3) is 2.21. The van der Waals surface area contributed by atoms with Crippen molar-refractivity contribution in [3.63, 3.8) is 0 Å². The fraction of sp³-hybridized carbons (Fsp3) is 0.0769. The van der Waals surface area contributed by atoms with Crippen LogP contribution >= 0.6 is 0 Å². The quantitative estimate of drug-likeness (QED) is 0.441. The number of nitrogens with zero attached hydrogens (tertiary/aromatic N) is 1. The molecular weight excluding hydrogens is 337 g/mol. The zero-order valence-electron chi connectivity index (χ0n) is 16.3. The Morgan fingerprint density at radius 2 is 1.57 bits per heavy atom. The van der Waals surface area contributed by atoms with Crippen molar-refractivity contribution in [3.8, 4) is 0 Å². The molecule has 5 rings (SSSR count). The third-order valence-electron chi connectivity index (χ3n) is 5.92. The van der Waals surface area contributed by atoms with E-state index in [2.05, 4.69) is 104 Å². The standard InChI is InChI=1S/C26H22BN/c1-4-11-22-24(5-2)28-25-17-9-7-13-19(25)20-14-10-16-23(26(20)28)27(22)21-15-8-6-12-18(21)3/h4-17H,2H2,1,3H3/b11-4-. The van der Waals surface area contributed by atoms with Crippen LogP contribution in [0.2, 0.25) is 0 Å². The first-order chi connectivity index (χ1) is 13.8. The number of hydrogen-bond donors (Lipinski definition) is 0. The van der Waals surface area contributed by atoms with E-state index in [-0.39, 0.29) is 6.71 Å². The first-order valence-corrected chi connectivity index (χ1v) is 9.83. The van der Waals surface area contributed by atoms with E-state index in [0.717, 1.165) is 0 Å². The lowest BCUT2D eigenvalue weighted by atomic mass is 9.34. The largest absolute Gasteiger partial charge is 0.310 e. The second-order valence-electron chi connectivity index (χ2n) is 7.43. The summed E-state index contributed by atoms with van der Waals surface area (Å²) in [6, 6.07) is 24.2. The van der Waals surface area contributed by atoms with Crippen molar-refractivity contribution >= 4 is 45.1 Å². The summed E-state index contributed by atoms with van der Waals surface area (Å²) in [6.07, 6.45) is 6.41. The molecule has 134 valence electrons. The lowest BCUT2D eigenvalue weighted by molar-refractivity contribution is 1.23. The Morgan fingerprint density at radius 1 is 0.857 bits per heavy atom. The topological polar surface area (TPSA) is 4.93 Å². The van der Waals surface area contributed by atoms with Crippen LogP contribution in [-0.4, -0.2) is 11.3 Å². The molecule has 0 atom stereocenters. The van der Waals surface area contributed by atoms with Crippen molar-refractivity contribution < 1.29 is 0 Å². The van der Waals surface area contributed by atoms with Gasteiger partial charge in [-0.2, -0.15) is 0 Å². The minimum atomic E-state index is 0.200. The van der Waals surface area contributed by atoms with Crippen LogP contribution < -0.4 is 10.9 Å². The van der Waals surface area contributed by atoms with Gasteiger partial charge in [-0.15, -0.1) is 0 Å². The molecule has 2 heterocycles.